The van der Waals surface area contributed by atoms with E-state index in [1.165, 1.54) is 18.2 Å². The van der Waals surface area contributed by atoms with E-state index < -0.39 is 35.5 Å². The number of carbonyl (C=O) groups is 4. The van der Waals surface area contributed by atoms with Crippen molar-refractivity contribution in [3.05, 3.63) is 59.4 Å². The monoisotopic (exact) mass is 830 g/mol. The van der Waals surface area contributed by atoms with Crippen LogP contribution in [0.5, 0.6) is 5.75 Å². The van der Waals surface area contributed by atoms with Gasteiger partial charge in [0, 0.05) is 94.2 Å². The van der Waals surface area contributed by atoms with Crippen molar-refractivity contribution in [2.45, 2.75) is 76.2 Å². The molecule has 5 amide bonds. The van der Waals surface area contributed by atoms with Gasteiger partial charge in [-0.1, -0.05) is 12.1 Å². The number of imide groups is 1. The lowest BCUT2D eigenvalue weighted by Crippen LogP contribution is -2.73. The molecule has 18 heteroatoms. The molecule has 6 aliphatic heterocycles. The number of phenolic OH excluding ortho intramolecular Hbond substituents is 1. The number of piperazine rings is 2. The number of phenols is 1. The molecule has 0 aliphatic carbocycles. The zero-order valence-corrected chi connectivity index (χ0v) is 33.6. The van der Waals surface area contributed by atoms with Crippen LogP contribution in [0.1, 0.15) is 55.5 Å². The molecule has 7 heterocycles. The Hall–Kier alpha value is -5.65. The molecule has 3 aromatic rings. The summed E-state index contributed by atoms with van der Waals surface area (Å²) in [7, 11) is 0. The normalized spacial score (nSPS) is 26.2. The first-order valence-electron chi connectivity index (χ1n) is 20.8. The summed E-state index contributed by atoms with van der Waals surface area (Å²) in [5.41, 5.74) is 1.30. The second-order valence-electron chi connectivity index (χ2n) is 17.2. The third-order valence-corrected chi connectivity index (χ3v) is 13.4. The van der Waals surface area contributed by atoms with Gasteiger partial charge in [0.15, 0.2) is 17.4 Å². The first-order valence-corrected chi connectivity index (χ1v) is 20.8. The highest BCUT2D eigenvalue weighted by molar-refractivity contribution is 6.05. The van der Waals surface area contributed by atoms with E-state index in [4.69, 9.17) is 0 Å². The molecule has 9 rings (SSSR count). The van der Waals surface area contributed by atoms with E-state index in [1.54, 1.807) is 14.7 Å². The van der Waals surface area contributed by atoms with Crippen molar-refractivity contribution < 1.29 is 37.5 Å². The first kappa shape index (κ1) is 39.8. The number of hydrogen-bond acceptors (Lipinski definition) is 11. The molecule has 15 nitrogen and oxygen atoms in total. The molecule has 318 valence electrons. The number of urea groups is 1. The zero-order valence-electron chi connectivity index (χ0n) is 33.6. The fourth-order valence-corrected chi connectivity index (χ4v) is 10.3. The Morgan fingerprint density at radius 2 is 1.73 bits per heavy atom. The number of fused-ring (bicyclic) bond motifs is 4. The lowest BCUT2D eigenvalue weighted by Gasteiger charge is -2.55. The average molecular weight is 831 g/mol. The number of hydrogen-bond donors (Lipinski definition) is 3. The van der Waals surface area contributed by atoms with Crippen molar-refractivity contribution in [1.82, 2.24) is 35.1 Å². The molecular weight excluding hydrogens is 782 g/mol. The Kier molecular flexibility index (Phi) is 10.2. The Labute approximate surface area is 345 Å². The van der Waals surface area contributed by atoms with Crippen LogP contribution in [0, 0.1) is 11.7 Å². The summed E-state index contributed by atoms with van der Waals surface area (Å²) < 4.78 is 44.7. The van der Waals surface area contributed by atoms with Gasteiger partial charge < -0.3 is 34.9 Å². The topological polar surface area (TPSA) is 158 Å². The van der Waals surface area contributed by atoms with Crippen LogP contribution in [0.2, 0.25) is 0 Å². The Morgan fingerprint density at radius 1 is 0.967 bits per heavy atom. The summed E-state index contributed by atoms with van der Waals surface area (Å²) in [6.07, 6.45) is -0.361. The summed E-state index contributed by atoms with van der Waals surface area (Å²) in [6.45, 7) is 8.20. The number of aromatic hydroxyl groups is 1. The van der Waals surface area contributed by atoms with Crippen molar-refractivity contribution in [2.75, 3.05) is 74.0 Å². The van der Waals surface area contributed by atoms with Crippen LogP contribution in [0.4, 0.5) is 35.2 Å². The summed E-state index contributed by atoms with van der Waals surface area (Å²) in [4.78, 5) is 63.0. The van der Waals surface area contributed by atoms with E-state index >= 15 is 8.78 Å². The number of carbonyl (C=O) groups excluding carboxylic acids is 4. The van der Waals surface area contributed by atoms with E-state index in [1.807, 2.05) is 36.9 Å². The maximum absolute atomic E-state index is 15.3. The number of halogens is 3. The van der Waals surface area contributed by atoms with Crippen molar-refractivity contribution in [3.63, 3.8) is 0 Å². The van der Waals surface area contributed by atoms with Gasteiger partial charge in [-0.05, 0) is 74.9 Å². The fraction of sp³-hybridized carbons (Fsp3) is 0.524. The van der Waals surface area contributed by atoms with E-state index in [-0.39, 0.29) is 73.8 Å². The second-order valence-corrected chi connectivity index (χ2v) is 17.2. The van der Waals surface area contributed by atoms with Gasteiger partial charge in [-0.2, -0.15) is 0 Å². The van der Waals surface area contributed by atoms with Gasteiger partial charge in [-0.25, -0.2) is 18.0 Å². The molecule has 0 saturated carbocycles. The SMILES string of the molecule is C[C@H]1CN(CC2CCN(c3ccc4c(c3)C(=O)N([C@H]3CCC(=O)NC3=O)C4)CC2)C[C@H](C)N1C(=O)N1CCN2c3cc(-c4cccc(F)c4O)nnc3NC[C@]2(C(F)F)C1. The number of para-hydroxylation sites is 1. The molecular formula is C42H49F3N10O5. The second kappa shape index (κ2) is 15.4. The predicted molar refractivity (Wildman–Crippen MR) is 215 cm³/mol. The van der Waals surface area contributed by atoms with Gasteiger partial charge >= 0.3 is 6.03 Å². The minimum Gasteiger partial charge on any atom is -0.504 e. The molecule has 0 spiro atoms. The molecule has 60 heavy (non-hydrogen) atoms. The van der Waals surface area contributed by atoms with Crippen molar-refractivity contribution >= 4 is 40.9 Å². The minimum atomic E-state index is -2.83. The number of amides is 5. The molecule has 2 aromatic carbocycles. The third-order valence-electron chi connectivity index (χ3n) is 13.4. The molecule has 4 atom stereocenters. The summed E-state index contributed by atoms with van der Waals surface area (Å²) in [5.74, 6) is -1.60. The molecule has 0 unspecified atom stereocenters. The van der Waals surface area contributed by atoms with Crippen LogP contribution in [0.25, 0.3) is 11.3 Å². The van der Waals surface area contributed by atoms with E-state index in [2.05, 4.69) is 30.6 Å². The fourth-order valence-electron chi connectivity index (χ4n) is 10.3. The van der Waals surface area contributed by atoms with Crippen LogP contribution < -0.4 is 20.4 Å². The van der Waals surface area contributed by atoms with E-state index in [9.17, 15) is 28.7 Å². The maximum atomic E-state index is 15.3. The summed E-state index contributed by atoms with van der Waals surface area (Å²) in [5, 5.41) is 24.0. The van der Waals surface area contributed by atoms with Gasteiger partial charge in [-0.3, -0.25) is 24.6 Å². The molecule has 0 bridgehead atoms. The zero-order chi connectivity index (χ0) is 42.0. The number of aromatic nitrogens is 2. The molecule has 1 aromatic heterocycles. The largest absolute Gasteiger partial charge is 0.504 e. The molecule has 0 radical (unpaired) electrons. The lowest BCUT2D eigenvalue weighted by molar-refractivity contribution is -0.136. The highest BCUT2D eigenvalue weighted by atomic mass is 19.3. The maximum Gasteiger partial charge on any atom is 0.320 e. The van der Waals surface area contributed by atoms with E-state index in [0.717, 1.165) is 49.8 Å². The molecule has 4 fully saturated rings. The van der Waals surface area contributed by atoms with Crippen molar-refractivity contribution in [3.8, 4) is 17.0 Å². The van der Waals surface area contributed by atoms with Gasteiger partial charge in [-0.15, -0.1) is 10.2 Å². The van der Waals surface area contributed by atoms with Gasteiger partial charge in [0.1, 0.15) is 11.6 Å². The highest BCUT2D eigenvalue weighted by Gasteiger charge is 2.54. The average Bonchev–Trinajstić information content (AvgIpc) is 3.56. The summed E-state index contributed by atoms with van der Waals surface area (Å²) >= 11 is 0. The highest BCUT2D eigenvalue weighted by Crippen LogP contribution is 2.43. The lowest BCUT2D eigenvalue weighted by atomic mass is 9.90. The predicted octanol–water partition coefficient (Wildman–Crippen LogP) is 3.73. The third kappa shape index (κ3) is 6.91. The minimum absolute atomic E-state index is 0.0939. The number of piperidine rings is 2. The van der Waals surface area contributed by atoms with Crippen LogP contribution in [0.15, 0.2) is 42.5 Å². The van der Waals surface area contributed by atoms with Crippen molar-refractivity contribution in [2.24, 2.45) is 5.92 Å². The molecule has 3 N–H and O–H groups in total. The number of benzene rings is 2. The molecule has 4 saturated heterocycles. The summed E-state index contributed by atoms with van der Waals surface area (Å²) in [6, 6.07) is 10.3. The Bertz CT molecular complexity index is 2210. The smallest absolute Gasteiger partial charge is 0.320 e. The Balaban J connectivity index is 0.803. The van der Waals surface area contributed by atoms with Crippen LogP contribution in [-0.2, 0) is 16.1 Å². The van der Waals surface area contributed by atoms with E-state index in [0.29, 0.717) is 49.0 Å². The number of alkyl halides is 2. The Morgan fingerprint density at radius 3 is 2.47 bits per heavy atom. The quantitative estimate of drug-likeness (QED) is 0.311. The molecule has 6 aliphatic rings. The van der Waals surface area contributed by atoms with Gasteiger partial charge in [0.05, 0.1) is 17.9 Å². The number of rotatable bonds is 6. The van der Waals surface area contributed by atoms with Gasteiger partial charge in [0.2, 0.25) is 11.8 Å². The number of nitrogens with one attached hydrogen (secondary N) is 2. The number of anilines is 3. The van der Waals surface area contributed by atoms with Crippen LogP contribution in [0.3, 0.4) is 0 Å². The number of nitrogens with zero attached hydrogens (tertiary/aromatic N) is 8. The standard InChI is InChI=1S/C42H49F3N10O5/c1-24-18-50(20-26-10-12-51(13-11-26)28-7-6-27-21-53(39(59)30(27)16-28)33-8-9-35(56)47-38(33)58)19-25(2)55(24)41(60)52-14-15-54-34-17-32(29-4-3-5-31(43)36(29)57)48-49-37(34)46-22-42(54,23-52)40(44)45/h3-7,16-17,24-26,33,40,57H,8-15,18-23H2,1-2H3,(H,46,49)(H,47,56,58)/t24-,25-,33-,42+/m0/s1. The first-order chi connectivity index (χ1) is 28.8. The van der Waals surface area contributed by atoms with Gasteiger partial charge in [0.25, 0.3) is 12.3 Å². The van der Waals surface area contributed by atoms with Crippen LogP contribution >= 0.6 is 0 Å². The van der Waals surface area contributed by atoms with Crippen LogP contribution in [-0.4, -0.2) is 148 Å². The van der Waals surface area contributed by atoms with Crippen molar-refractivity contribution in [1.29, 1.82) is 0 Å².